The van der Waals surface area contributed by atoms with Crippen molar-refractivity contribution in [3.63, 3.8) is 0 Å². The van der Waals surface area contributed by atoms with Crippen molar-refractivity contribution < 1.29 is 14.3 Å². The predicted molar refractivity (Wildman–Crippen MR) is 94.6 cm³/mol. The topological polar surface area (TPSA) is 53.4 Å². The Hall–Kier alpha value is -3.08. The van der Waals surface area contributed by atoms with Gasteiger partial charge in [0, 0.05) is 12.4 Å². The first kappa shape index (κ1) is 16.8. The molecule has 128 valence electrons. The number of nitrogens with zero attached hydrogens (tertiary/aromatic N) is 2. The van der Waals surface area contributed by atoms with Gasteiger partial charge in [0.25, 0.3) is 0 Å². The summed E-state index contributed by atoms with van der Waals surface area (Å²) < 4.78 is 12.7. The minimum Gasteiger partial charge on any atom is -0.479 e. The van der Waals surface area contributed by atoms with Gasteiger partial charge in [-0.25, -0.2) is 9.48 Å². The first-order valence-electron chi connectivity index (χ1n) is 8.11. The van der Waals surface area contributed by atoms with Gasteiger partial charge in [-0.15, -0.1) is 0 Å². The Morgan fingerprint density at radius 1 is 1.12 bits per heavy atom. The minimum absolute atomic E-state index is 0.208. The van der Waals surface area contributed by atoms with E-state index in [1.807, 2.05) is 67.7 Å². The third-order valence-corrected chi connectivity index (χ3v) is 3.75. The van der Waals surface area contributed by atoms with Gasteiger partial charge in [0.1, 0.15) is 12.4 Å². The number of aryl methyl sites for hydroxylation is 1. The quantitative estimate of drug-likeness (QED) is 0.644. The van der Waals surface area contributed by atoms with Crippen molar-refractivity contribution in [1.29, 1.82) is 0 Å². The van der Waals surface area contributed by atoms with Crippen LogP contribution in [0, 0.1) is 6.92 Å². The normalized spacial score (nSPS) is 11.8. The largest absolute Gasteiger partial charge is 0.479 e. The van der Waals surface area contributed by atoms with Gasteiger partial charge in [-0.1, -0.05) is 29.8 Å². The fourth-order valence-corrected chi connectivity index (χ4v) is 2.31. The van der Waals surface area contributed by atoms with Gasteiger partial charge < -0.3 is 9.47 Å². The van der Waals surface area contributed by atoms with Gasteiger partial charge in [-0.3, -0.25) is 0 Å². The number of aromatic nitrogens is 2. The molecule has 2 aromatic carbocycles. The van der Waals surface area contributed by atoms with E-state index in [-0.39, 0.29) is 6.61 Å². The van der Waals surface area contributed by atoms with Gasteiger partial charge >= 0.3 is 5.97 Å². The second-order valence-corrected chi connectivity index (χ2v) is 5.80. The third kappa shape index (κ3) is 4.47. The second kappa shape index (κ2) is 7.66. The van der Waals surface area contributed by atoms with Crippen LogP contribution in [-0.4, -0.2) is 21.9 Å². The van der Waals surface area contributed by atoms with Crippen LogP contribution in [0.2, 0.25) is 0 Å². The molecule has 25 heavy (non-hydrogen) atoms. The first-order chi connectivity index (χ1) is 12.1. The zero-order chi connectivity index (χ0) is 17.6. The molecule has 0 unspecified atom stereocenters. The van der Waals surface area contributed by atoms with Gasteiger partial charge in [0.2, 0.25) is 0 Å². The summed E-state index contributed by atoms with van der Waals surface area (Å²) in [5.74, 6) is 0.260. The van der Waals surface area contributed by atoms with E-state index in [0.29, 0.717) is 5.75 Å². The van der Waals surface area contributed by atoms with Crippen molar-refractivity contribution in [1.82, 2.24) is 9.78 Å². The molecule has 0 aliphatic heterocycles. The van der Waals surface area contributed by atoms with Gasteiger partial charge in [0.15, 0.2) is 6.10 Å². The molecule has 0 saturated carbocycles. The first-order valence-corrected chi connectivity index (χ1v) is 8.11. The molecule has 1 aromatic heterocycles. The van der Waals surface area contributed by atoms with Gasteiger partial charge in [-0.05, 0) is 49.7 Å². The lowest BCUT2D eigenvalue weighted by atomic mass is 10.2. The van der Waals surface area contributed by atoms with Crippen LogP contribution in [0.15, 0.2) is 67.0 Å². The van der Waals surface area contributed by atoms with Gasteiger partial charge in [0.05, 0.1) is 5.69 Å². The molecule has 0 bridgehead atoms. The molecule has 0 radical (unpaired) electrons. The maximum Gasteiger partial charge on any atom is 0.347 e. The summed E-state index contributed by atoms with van der Waals surface area (Å²) in [6.45, 7) is 3.89. The Balaban J connectivity index is 1.52. The summed E-state index contributed by atoms with van der Waals surface area (Å²) in [5.41, 5.74) is 3.00. The van der Waals surface area contributed by atoms with E-state index in [9.17, 15) is 4.79 Å². The molecule has 0 aliphatic carbocycles. The standard InChI is InChI=1S/C20H20N2O3/c1-15-4-10-19(11-5-15)25-16(2)20(23)24-14-17-6-8-18(9-7-17)22-13-3-12-21-22/h3-13,16H,14H2,1-2H3/t16-/m1/s1. The molecule has 3 rings (SSSR count). The highest BCUT2D eigenvalue weighted by Crippen LogP contribution is 2.14. The third-order valence-electron chi connectivity index (χ3n) is 3.75. The number of benzene rings is 2. The lowest BCUT2D eigenvalue weighted by Gasteiger charge is -2.14. The van der Waals surface area contributed by atoms with Crippen molar-refractivity contribution in [2.75, 3.05) is 0 Å². The Morgan fingerprint density at radius 3 is 2.48 bits per heavy atom. The van der Waals surface area contributed by atoms with Crippen molar-refractivity contribution in [3.05, 3.63) is 78.1 Å². The molecule has 5 heteroatoms. The van der Waals surface area contributed by atoms with Crippen molar-refractivity contribution in [3.8, 4) is 11.4 Å². The summed E-state index contributed by atoms with van der Waals surface area (Å²) in [6, 6.07) is 17.1. The predicted octanol–water partition coefficient (Wildman–Crippen LogP) is 3.69. The molecule has 0 aliphatic rings. The summed E-state index contributed by atoms with van der Waals surface area (Å²) in [5, 5.41) is 4.17. The van der Waals surface area contributed by atoms with E-state index in [1.165, 1.54) is 0 Å². The number of hydrogen-bond donors (Lipinski definition) is 0. The van der Waals surface area contributed by atoms with E-state index >= 15 is 0 Å². The van der Waals surface area contributed by atoms with Crippen molar-refractivity contribution in [2.45, 2.75) is 26.6 Å². The van der Waals surface area contributed by atoms with Crippen LogP contribution in [0.5, 0.6) is 5.75 Å². The van der Waals surface area contributed by atoms with E-state index < -0.39 is 12.1 Å². The zero-order valence-electron chi connectivity index (χ0n) is 14.3. The summed E-state index contributed by atoms with van der Waals surface area (Å²) >= 11 is 0. The van der Waals surface area contributed by atoms with Crippen LogP contribution in [0.25, 0.3) is 5.69 Å². The second-order valence-electron chi connectivity index (χ2n) is 5.80. The molecule has 0 saturated heterocycles. The Morgan fingerprint density at radius 2 is 1.84 bits per heavy atom. The molecule has 1 heterocycles. The summed E-state index contributed by atoms with van der Waals surface area (Å²) in [7, 11) is 0. The number of esters is 1. The summed E-state index contributed by atoms with van der Waals surface area (Å²) in [4.78, 5) is 12.1. The SMILES string of the molecule is Cc1ccc(O[C@H](C)C(=O)OCc2ccc(-n3cccn3)cc2)cc1. The molecule has 1 atom stereocenters. The van der Waals surface area contributed by atoms with Crippen LogP contribution in [0.3, 0.4) is 0 Å². The Bertz CT molecular complexity index is 809. The van der Waals surface area contributed by atoms with Crippen molar-refractivity contribution >= 4 is 5.97 Å². The Labute approximate surface area is 146 Å². The number of carbonyl (C=O) groups is 1. The Kier molecular flexibility index (Phi) is 5.14. The number of ether oxygens (including phenoxy) is 2. The lowest BCUT2D eigenvalue weighted by Crippen LogP contribution is -2.26. The molecular weight excluding hydrogens is 316 g/mol. The zero-order valence-corrected chi connectivity index (χ0v) is 14.3. The maximum atomic E-state index is 12.1. The molecule has 0 N–H and O–H groups in total. The smallest absolute Gasteiger partial charge is 0.347 e. The number of carbonyl (C=O) groups excluding carboxylic acids is 1. The highest BCUT2D eigenvalue weighted by atomic mass is 16.6. The highest BCUT2D eigenvalue weighted by molar-refractivity contribution is 5.74. The van der Waals surface area contributed by atoms with E-state index in [0.717, 1.165) is 16.8 Å². The van der Waals surface area contributed by atoms with Crippen LogP contribution in [0.4, 0.5) is 0 Å². The van der Waals surface area contributed by atoms with Crippen LogP contribution in [-0.2, 0) is 16.1 Å². The average molecular weight is 336 g/mol. The molecule has 3 aromatic rings. The molecular formula is C20H20N2O3. The lowest BCUT2D eigenvalue weighted by molar-refractivity contribution is -0.152. The summed E-state index contributed by atoms with van der Waals surface area (Å²) in [6.07, 6.45) is 2.94. The molecule has 5 nitrogen and oxygen atoms in total. The fourth-order valence-electron chi connectivity index (χ4n) is 2.31. The van der Waals surface area contributed by atoms with E-state index in [2.05, 4.69) is 5.10 Å². The minimum atomic E-state index is -0.661. The average Bonchev–Trinajstić information content (AvgIpc) is 3.16. The molecule has 0 fully saturated rings. The van der Waals surface area contributed by atoms with E-state index in [1.54, 1.807) is 17.8 Å². The van der Waals surface area contributed by atoms with E-state index in [4.69, 9.17) is 9.47 Å². The molecule has 0 amide bonds. The van der Waals surface area contributed by atoms with Crippen LogP contribution >= 0.6 is 0 Å². The van der Waals surface area contributed by atoms with Crippen molar-refractivity contribution in [2.24, 2.45) is 0 Å². The molecule has 0 spiro atoms. The van der Waals surface area contributed by atoms with Crippen LogP contribution in [0.1, 0.15) is 18.1 Å². The monoisotopic (exact) mass is 336 g/mol. The fraction of sp³-hybridized carbons (Fsp3) is 0.200. The number of rotatable bonds is 6. The maximum absolute atomic E-state index is 12.1. The van der Waals surface area contributed by atoms with Gasteiger partial charge in [-0.2, -0.15) is 5.10 Å². The number of hydrogen-bond acceptors (Lipinski definition) is 4. The highest BCUT2D eigenvalue weighted by Gasteiger charge is 2.16. The van der Waals surface area contributed by atoms with Crippen LogP contribution < -0.4 is 4.74 Å².